The lowest BCUT2D eigenvalue weighted by Gasteiger charge is -2.09. The first-order valence-corrected chi connectivity index (χ1v) is 8.57. The number of carbonyl (C=O) groups is 1. The van der Waals surface area contributed by atoms with Crippen molar-refractivity contribution in [2.24, 2.45) is 5.73 Å². The van der Waals surface area contributed by atoms with Crippen LogP contribution in [-0.2, 0) is 19.7 Å². The Hall–Kier alpha value is -2.82. The fraction of sp³-hybridized carbons (Fsp3) is 0.136. The SMILES string of the molecule is Cl.NCc1cccc(C(=O)NCc2ccc(OCc3ccccc3)cc2)c1. The first kappa shape index (κ1) is 20.5. The lowest BCUT2D eigenvalue weighted by Crippen LogP contribution is -2.22. The van der Waals surface area contributed by atoms with E-state index >= 15 is 0 Å². The summed E-state index contributed by atoms with van der Waals surface area (Å²) in [4.78, 5) is 12.2. The Balaban J connectivity index is 0.00000261. The first-order chi connectivity index (χ1) is 12.7. The summed E-state index contributed by atoms with van der Waals surface area (Å²) in [6, 6.07) is 25.1. The largest absolute Gasteiger partial charge is 0.489 e. The molecule has 0 atom stereocenters. The quantitative estimate of drug-likeness (QED) is 0.647. The Kier molecular flexibility index (Phi) is 7.86. The number of hydrogen-bond acceptors (Lipinski definition) is 3. The summed E-state index contributed by atoms with van der Waals surface area (Å²) in [5.41, 5.74) is 9.32. The molecule has 0 radical (unpaired) electrons. The van der Waals surface area contributed by atoms with E-state index in [9.17, 15) is 4.79 Å². The van der Waals surface area contributed by atoms with Crippen molar-refractivity contribution in [2.45, 2.75) is 19.7 Å². The summed E-state index contributed by atoms with van der Waals surface area (Å²) >= 11 is 0. The second kappa shape index (κ2) is 10.4. The van der Waals surface area contributed by atoms with Crippen LogP contribution >= 0.6 is 12.4 Å². The first-order valence-electron chi connectivity index (χ1n) is 8.57. The molecule has 3 aromatic carbocycles. The molecule has 27 heavy (non-hydrogen) atoms. The molecule has 0 saturated heterocycles. The highest BCUT2D eigenvalue weighted by Crippen LogP contribution is 2.14. The van der Waals surface area contributed by atoms with Crippen LogP contribution in [-0.4, -0.2) is 5.91 Å². The van der Waals surface area contributed by atoms with Gasteiger partial charge in [-0.15, -0.1) is 12.4 Å². The van der Waals surface area contributed by atoms with Gasteiger partial charge >= 0.3 is 0 Å². The van der Waals surface area contributed by atoms with Crippen molar-refractivity contribution in [3.05, 3.63) is 101 Å². The Morgan fingerprint density at radius 1 is 0.852 bits per heavy atom. The van der Waals surface area contributed by atoms with E-state index in [1.807, 2.05) is 72.8 Å². The van der Waals surface area contributed by atoms with Gasteiger partial charge in [-0.05, 0) is 41.0 Å². The van der Waals surface area contributed by atoms with Crippen LogP contribution in [0.1, 0.15) is 27.0 Å². The van der Waals surface area contributed by atoms with Crippen molar-refractivity contribution < 1.29 is 9.53 Å². The Morgan fingerprint density at radius 2 is 1.56 bits per heavy atom. The minimum Gasteiger partial charge on any atom is -0.489 e. The van der Waals surface area contributed by atoms with Crippen molar-refractivity contribution in [3.63, 3.8) is 0 Å². The number of hydrogen-bond donors (Lipinski definition) is 2. The van der Waals surface area contributed by atoms with Gasteiger partial charge in [0.2, 0.25) is 0 Å². The molecule has 140 valence electrons. The Bertz CT molecular complexity index is 852. The highest BCUT2D eigenvalue weighted by atomic mass is 35.5. The van der Waals surface area contributed by atoms with Gasteiger partial charge in [0, 0.05) is 18.7 Å². The highest BCUT2D eigenvalue weighted by molar-refractivity contribution is 5.94. The van der Waals surface area contributed by atoms with Crippen LogP contribution in [0.4, 0.5) is 0 Å². The van der Waals surface area contributed by atoms with Gasteiger partial charge in [0.05, 0.1) is 0 Å². The molecular weight excluding hydrogens is 360 g/mol. The maximum absolute atomic E-state index is 12.2. The molecule has 0 aliphatic heterocycles. The Morgan fingerprint density at radius 3 is 2.26 bits per heavy atom. The number of carbonyl (C=O) groups excluding carboxylic acids is 1. The van der Waals surface area contributed by atoms with E-state index in [0.29, 0.717) is 25.3 Å². The molecule has 4 nitrogen and oxygen atoms in total. The topological polar surface area (TPSA) is 64.4 Å². The Labute approximate surface area is 165 Å². The molecule has 0 aromatic heterocycles. The second-order valence-electron chi connectivity index (χ2n) is 6.01. The van der Waals surface area contributed by atoms with Crippen LogP contribution in [0.2, 0.25) is 0 Å². The second-order valence-corrected chi connectivity index (χ2v) is 6.01. The van der Waals surface area contributed by atoms with Gasteiger partial charge in [0.1, 0.15) is 12.4 Å². The molecule has 1 amide bonds. The van der Waals surface area contributed by atoms with Crippen molar-refractivity contribution in [1.82, 2.24) is 5.32 Å². The van der Waals surface area contributed by atoms with Gasteiger partial charge in [-0.1, -0.05) is 54.6 Å². The van der Waals surface area contributed by atoms with Crippen molar-refractivity contribution in [2.75, 3.05) is 0 Å². The summed E-state index contributed by atoms with van der Waals surface area (Å²) in [6.45, 7) is 1.42. The summed E-state index contributed by atoms with van der Waals surface area (Å²) in [7, 11) is 0. The van der Waals surface area contributed by atoms with Crippen LogP contribution in [0.25, 0.3) is 0 Å². The number of rotatable bonds is 7. The van der Waals surface area contributed by atoms with Gasteiger partial charge in [-0.2, -0.15) is 0 Å². The van der Waals surface area contributed by atoms with E-state index < -0.39 is 0 Å². The lowest BCUT2D eigenvalue weighted by atomic mass is 10.1. The van der Waals surface area contributed by atoms with E-state index in [4.69, 9.17) is 10.5 Å². The van der Waals surface area contributed by atoms with Crippen molar-refractivity contribution >= 4 is 18.3 Å². The van der Waals surface area contributed by atoms with Gasteiger partial charge in [0.25, 0.3) is 5.91 Å². The minimum absolute atomic E-state index is 0. The number of nitrogens with one attached hydrogen (secondary N) is 1. The minimum atomic E-state index is -0.107. The molecule has 0 saturated carbocycles. The highest BCUT2D eigenvalue weighted by Gasteiger charge is 2.06. The van der Waals surface area contributed by atoms with E-state index in [1.54, 1.807) is 6.07 Å². The van der Waals surface area contributed by atoms with Crippen LogP contribution in [0.3, 0.4) is 0 Å². The van der Waals surface area contributed by atoms with Crippen molar-refractivity contribution in [3.8, 4) is 5.75 Å². The van der Waals surface area contributed by atoms with Gasteiger partial charge in [-0.3, -0.25) is 4.79 Å². The van der Waals surface area contributed by atoms with E-state index in [-0.39, 0.29) is 18.3 Å². The third-order valence-corrected chi connectivity index (χ3v) is 4.05. The van der Waals surface area contributed by atoms with Gasteiger partial charge < -0.3 is 15.8 Å². The van der Waals surface area contributed by atoms with Crippen LogP contribution in [0.15, 0.2) is 78.9 Å². The zero-order valence-corrected chi connectivity index (χ0v) is 15.7. The molecule has 0 heterocycles. The van der Waals surface area contributed by atoms with Gasteiger partial charge in [-0.25, -0.2) is 0 Å². The molecule has 0 fully saturated rings. The van der Waals surface area contributed by atoms with Gasteiger partial charge in [0.15, 0.2) is 0 Å². The fourth-order valence-corrected chi connectivity index (χ4v) is 2.57. The van der Waals surface area contributed by atoms with Crippen LogP contribution < -0.4 is 15.8 Å². The summed E-state index contributed by atoms with van der Waals surface area (Å²) in [5.74, 6) is 0.698. The summed E-state index contributed by atoms with van der Waals surface area (Å²) in [6.07, 6.45) is 0. The third kappa shape index (κ3) is 6.13. The molecule has 0 aliphatic carbocycles. The number of ether oxygens (including phenoxy) is 1. The summed E-state index contributed by atoms with van der Waals surface area (Å²) in [5, 5.41) is 2.92. The molecule has 3 rings (SSSR count). The van der Waals surface area contributed by atoms with Crippen LogP contribution in [0, 0.1) is 0 Å². The summed E-state index contributed by atoms with van der Waals surface area (Å²) < 4.78 is 5.77. The maximum Gasteiger partial charge on any atom is 0.251 e. The van der Waals surface area contributed by atoms with E-state index in [0.717, 1.165) is 22.4 Å². The number of benzene rings is 3. The fourth-order valence-electron chi connectivity index (χ4n) is 2.57. The average Bonchev–Trinajstić information content (AvgIpc) is 2.72. The van der Waals surface area contributed by atoms with E-state index in [2.05, 4.69) is 5.32 Å². The number of halogens is 1. The monoisotopic (exact) mass is 382 g/mol. The lowest BCUT2D eigenvalue weighted by molar-refractivity contribution is 0.0951. The molecule has 0 spiro atoms. The molecular formula is C22H23ClN2O2. The molecule has 3 N–H and O–H groups in total. The maximum atomic E-state index is 12.2. The number of amides is 1. The third-order valence-electron chi connectivity index (χ3n) is 4.05. The smallest absolute Gasteiger partial charge is 0.251 e. The average molecular weight is 383 g/mol. The molecule has 5 heteroatoms. The normalized spacial score (nSPS) is 9.96. The molecule has 0 unspecified atom stereocenters. The molecule has 3 aromatic rings. The molecule has 0 bridgehead atoms. The molecule has 0 aliphatic rings. The standard InChI is InChI=1S/C22H22N2O2.ClH/c23-14-19-7-4-8-20(13-19)22(25)24-15-17-9-11-21(12-10-17)26-16-18-5-2-1-3-6-18;/h1-13H,14-16,23H2,(H,24,25);1H. The van der Waals surface area contributed by atoms with Crippen molar-refractivity contribution in [1.29, 1.82) is 0 Å². The van der Waals surface area contributed by atoms with E-state index in [1.165, 1.54) is 0 Å². The number of nitrogens with two attached hydrogens (primary N) is 1. The zero-order valence-electron chi connectivity index (χ0n) is 14.9. The predicted molar refractivity (Wildman–Crippen MR) is 110 cm³/mol. The zero-order chi connectivity index (χ0) is 18.2. The predicted octanol–water partition coefficient (Wildman–Crippen LogP) is 4.08. The van der Waals surface area contributed by atoms with Crippen LogP contribution in [0.5, 0.6) is 5.75 Å².